The van der Waals surface area contributed by atoms with Crippen molar-refractivity contribution in [3.8, 4) is 0 Å². The third-order valence-corrected chi connectivity index (χ3v) is 5.41. The van der Waals surface area contributed by atoms with Crippen LogP contribution in [0.4, 0.5) is 5.13 Å². The highest BCUT2D eigenvalue weighted by molar-refractivity contribution is 7.15. The van der Waals surface area contributed by atoms with E-state index in [9.17, 15) is 4.79 Å². The monoisotopic (exact) mass is 329 g/mol. The van der Waals surface area contributed by atoms with Crippen LogP contribution in [0.15, 0.2) is 30.3 Å². The van der Waals surface area contributed by atoms with Gasteiger partial charge in [-0.3, -0.25) is 4.79 Å². The molecule has 2 atom stereocenters. The molecule has 0 saturated heterocycles. The Kier molecular flexibility index (Phi) is 5.08. The summed E-state index contributed by atoms with van der Waals surface area (Å²) in [6, 6.07) is 10.2. The fourth-order valence-corrected chi connectivity index (χ4v) is 4.17. The number of anilines is 1. The molecule has 3 N–H and O–H groups in total. The molecule has 122 valence electrons. The highest BCUT2D eigenvalue weighted by atomic mass is 32.1. The SMILES string of the molecule is CCCC(N)C(=O)Nc1nc2c(s1)CC(c1ccccc1)CC2. The molecule has 4 nitrogen and oxygen atoms in total. The summed E-state index contributed by atoms with van der Waals surface area (Å²) in [4.78, 5) is 17.9. The molecule has 1 aliphatic rings. The zero-order valence-electron chi connectivity index (χ0n) is 13.4. The first-order valence-electron chi connectivity index (χ1n) is 8.27. The van der Waals surface area contributed by atoms with Crippen molar-refractivity contribution in [3.05, 3.63) is 46.5 Å². The maximum atomic E-state index is 12.0. The van der Waals surface area contributed by atoms with Gasteiger partial charge in [0.2, 0.25) is 5.91 Å². The summed E-state index contributed by atoms with van der Waals surface area (Å²) in [5, 5.41) is 3.58. The molecular weight excluding hydrogens is 306 g/mol. The van der Waals surface area contributed by atoms with Gasteiger partial charge in [-0.15, -0.1) is 11.3 Å². The Morgan fingerprint density at radius 2 is 2.22 bits per heavy atom. The lowest BCUT2D eigenvalue weighted by Gasteiger charge is -2.21. The number of benzene rings is 1. The summed E-state index contributed by atoms with van der Waals surface area (Å²) in [6.07, 6.45) is 4.70. The Morgan fingerprint density at radius 3 is 2.96 bits per heavy atom. The lowest BCUT2D eigenvalue weighted by Crippen LogP contribution is -2.35. The number of thiazole rings is 1. The highest BCUT2D eigenvalue weighted by Gasteiger charge is 2.24. The number of hydrogen-bond acceptors (Lipinski definition) is 4. The van der Waals surface area contributed by atoms with Crippen molar-refractivity contribution >= 4 is 22.4 Å². The van der Waals surface area contributed by atoms with Crippen LogP contribution in [-0.4, -0.2) is 16.9 Å². The first-order chi connectivity index (χ1) is 11.2. The number of hydrogen-bond donors (Lipinski definition) is 2. The summed E-state index contributed by atoms with van der Waals surface area (Å²) in [5.41, 5.74) is 8.39. The van der Waals surface area contributed by atoms with E-state index in [0.717, 1.165) is 31.4 Å². The van der Waals surface area contributed by atoms with Crippen LogP contribution in [0.3, 0.4) is 0 Å². The van der Waals surface area contributed by atoms with E-state index < -0.39 is 6.04 Å². The van der Waals surface area contributed by atoms with Crippen LogP contribution in [0.5, 0.6) is 0 Å². The van der Waals surface area contributed by atoms with Gasteiger partial charge in [-0.2, -0.15) is 0 Å². The number of aryl methyl sites for hydroxylation is 1. The van der Waals surface area contributed by atoms with Crippen molar-refractivity contribution in [2.75, 3.05) is 5.32 Å². The van der Waals surface area contributed by atoms with Crippen LogP contribution in [0.2, 0.25) is 0 Å². The van der Waals surface area contributed by atoms with Gasteiger partial charge in [0.05, 0.1) is 11.7 Å². The van der Waals surface area contributed by atoms with E-state index in [1.807, 2.05) is 6.92 Å². The Bertz CT molecular complexity index is 668. The molecule has 1 heterocycles. The molecule has 0 bridgehead atoms. The number of nitrogens with two attached hydrogens (primary N) is 1. The Labute approximate surface area is 141 Å². The molecule has 1 aromatic heterocycles. The third-order valence-electron chi connectivity index (χ3n) is 4.38. The number of nitrogens with one attached hydrogen (secondary N) is 1. The van der Waals surface area contributed by atoms with Gasteiger partial charge >= 0.3 is 0 Å². The van der Waals surface area contributed by atoms with E-state index in [-0.39, 0.29) is 5.91 Å². The molecule has 1 aliphatic carbocycles. The minimum absolute atomic E-state index is 0.127. The van der Waals surface area contributed by atoms with Gasteiger partial charge in [0.15, 0.2) is 5.13 Å². The van der Waals surface area contributed by atoms with Crippen LogP contribution < -0.4 is 11.1 Å². The molecule has 5 heteroatoms. The molecule has 2 unspecified atom stereocenters. The highest BCUT2D eigenvalue weighted by Crippen LogP contribution is 2.36. The van der Waals surface area contributed by atoms with Crippen molar-refractivity contribution in [2.45, 2.75) is 51.0 Å². The third kappa shape index (κ3) is 3.79. The van der Waals surface area contributed by atoms with Gasteiger partial charge in [0, 0.05) is 4.88 Å². The van der Waals surface area contributed by atoms with E-state index >= 15 is 0 Å². The lowest BCUT2D eigenvalue weighted by molar-refractivity contribution is -0.117. The predicted molar refractivity (Wildman–Crippen MR) is 94.8 cm³/mol. The van der Waals surface area contributed by atoms with Gasteiger partial charge in [-0.05, 0) is 37.2 Å². The van der Waals surface area contributed by atoms with Crippen molar-refractivity contribution in [3.63, 3.8) is 0 Å². The molecule has 1 aromatic carbocycles. The smallest absolute Gasteiger partial charge is 0.243 e. The number of amides is 1. The number of carbonyl (C=O) groups is 1. The number of rotatable bonds is 5. The molecule has 2 aromatic rings. The maximum Gasteiger partial charge on any atom is 0.243 e. The molecule has 0 spiro atoms. The fraction of sp³-hybridized carbons (Fsp3) is 0.444. The van der Waals surface area contributed by atoms with E-state index in [1.165, 1.54) is 10.4 Å². The Hall–Kier alpha value is -1.72. The standard InChI is InChI=1S/C18H23N3OS/c1-2-6-14(19)17(22)21-18-20-15-10-9-13(11-16(15)23-18)12-7-4-3-5-8-12/h3-5,7-8,13-14H,2,6,9-11,19H2,1H3,(H,20,21,22). The quantitative estimate of drug-likeness (QED) is 0.882. The molecule has 0 aliphatic heterocycles. The summed E-state index contributed by atoms with van der Waals surface area (Å²) in [7, 11) is 0. The molecular formula is C18H23N3OS. The first kappa shape index (κ1) is 16.1. The van der Waals surface area contributed by atoms with Crippen LogP contribution >= 0.6 is 11.3 Å². The summed E-state index contributed by atoms with van der Waals surface area (Å²) in [5.74, 6) is 0.424. The number of nitrogens with zero attached hydrogens (tertiary/aromatic N) is 1. The van der Waals surface area contributed by atoms with Crippen LogP contribution in [0, 0.1) is 0 Å². The van der Waals surface area contributed by atoms with Crippen molar-refractivity contribution in [1.82, 2.24) is 4.98 Å². The number of carbonyl (C=O) groups excluding carboxylic acids is 1. The minimum atomic E-state index is -0.446. The molecule has 0 radical (unpaired) electrons. The average Bonchev–Trinajstić information content (AvgIpc) is 2.97. The zero-order chi connectivity index (χ0) is 16.2. The van der Waals surface area contributed by atoms with E-state index in [4.69, 9.17) is 5.73 Å². The second-order valence-electron chi connectivity index (χ2n) is 6.12. The van der Waals surface area contributed by atoms with Gasteiger partial charge < -0.3 is 11.1 Å². The Balaban J connectivity index is 1.68. The lowest BCUT2D eigenvalue weighted by atomic mass is 9.85. The topological polar surface area (TPSA) is 68.0 Å². The van der Waals surface area contributed by atoms with Gasteiger partial charge in [-0.25, -0.2) is 4.98 Å². The van der Waals surface area contributed by atoms with Gasteiger partial charge in [0.25, 0.3) is 0 Å². The van der Waals surface area contributed by atoms with Gasteiger partial charge in [0.1, 0.15) is 0 Å². The average molecular weight is 329 g/mol. The summed E-state index contributed by atoms with van der Waals surface area (Å²) >= 11 is 1.60. The molecule has 1 amide bonds. The number of fused-ring (bicyclic) bond motifs is 1. The van der Waals surface area contributed by atoms with E-state index in [0.29, 0.717) is 17.5 Å². The van der Waals surface area contributed by atoms with E-state index in [2.05, 4.69) is 40.6 Å². The van der Waals surface area contributed by atoms with E-state index in [1.54, 1.807) is 11.3 Å². The number of aromatic nitrogens is 1. The normalized spacial score (nSPS) is 18.3. The molecule has 23 heavy (non-hydrogen) atoms. The Morgan fingerprint density at radius 1 is 1.43 bits per heavy atom. The summed E-state index contributed by atoms with van der Waals surface area (Å²) in [6.45, 7) is 2.03. The maximum absolute atomic E-state index is 12.0. The zero-order valence-corrected chi connectivity index (χ0v) is 14.2. The van der Waals surface area contributed by atoms with Crippen LogP contribution in [0.1, 0.15) is 48.2 Å². The van der Waals surface area contributed by atoms with Crippen molar-refractivity contribution in [1.29, 1.82) is 0 Å². The molecule has 3 rings (SSSR count). The van der Waals surface area contributed by atoms with Crippen LogP contribution in [0.25, 0.3) is 0 Å². The summed E-state index contributed by atoms with van der Waals surface area (Å²) < 4.78 is 0. The van der Waals surface area contributed by atoms with Crippen molar-refractivity contribution in [2.24, 2.45) is 5.73 Å². The van der Waals surface area contributed by atoms with Crippen LogP contribution in [-0.2, 0) is 17.6 Å². The fourth-order valence-electron chi connectivity index (χ4n) is 3.08. The second kappa shape index (κ2) is 7.23. The molecule has 0 saturated carbocycles. The minimum Gasteiger partial charge on any atom is -0.320 e. The van der Waals surface area contributed by atoms with Gasteiger partial charge in [-0.1, -0.05) is 43.7 Å². The largest absolute Gasteiger partial charge is 0.320 e. The second-order valence-corrected chi connectivity index (χ2v) is 7.21. The molecule has 0 fully saturated rings. The first-order valence-corrected chi connectivity index (χ1v) is 9.09. The van der Waals surface area contributed by atoms with Crippen molar-refractivity contribution < 1.29 is 4.79 Å². The predicted octanol–water partition coefficient (Wildman–Crippen LogP) is 3.48.